The summed E-state index contributed by atoms with van der Waals surface area (Å²) in [6.45, 7) is 0.533. The van der Waals surface area contributed by atoms with E-state index in [0.29, 0.717) is 18.1 Å². The van der Waals surface area contributed by atoms with Gasteiger partial charge in [-0.15, -0.1) is 0 Å². The normalized spacial score (nSPS) is 16.3. The monoisotopic (exact) mass is 301 g/mol. The highest BCUT2D eigenvalue weighted by Crippen LogP contribution is 2.29. The second-order valence-electron chi connectivity index (χ2n) is 5.43. The van der Waals surface area contributed by atoms with E-state index in [0.717, 1.165) is 11.3 Å². The van der Waals surface area contributed by atoms with Crippen molar-refractivity contribution in [2.75, 3.05) is 34.9 Å². The van der Waals surface area contributed by atoms with E-state index in [1.807, 2.05) is 48.2 Å². The van der Waals surface area contributed by atoms with E-state index in [1.54, 1.807) is 0 Å². The Bertz CT molecular complexity index is 738. The fourth-order valence-corrected chi connectivity index (χ4v) is 2.44. The number of hydrogen-bond donors (Lipinski definition) is 4. The number of nitrogens with two attached hydrogens (primary N) is 2. The van der Waals surface area contributed by atoms with Gasteiger partial charge in [0.05, 0.1) is 0 Å². The van der Waals surface area contributed by atoms with Gasteiger partial charge in [0, 0.05) is 26.3 Å². The molecule has 0 spiro atoms. The quantitative estimate of drug-likeness (QED) is 0.635. The van der Waals surface area contributed by atoms with Gasteiger partial charge in [0.1, 0.15) is 5.69 Å². The summed E-state index contributed by atoms with van der Waals surface area (Å²) in [5.74, 6) is 0.554. The molecule has 1 unspecified atom stereocenters. The molecule has 3 rings (SSSR count). The predicted octanol–water partition coefficient (Wildman–Crippen LogP) is 0.0925. The van der Waals surface area contributed by atoms with Crippen molar-refractivity contribution in [3.63, 3.8) is 0 Å². The maximum atomic E-state index is 11.9. The number of benzene rings is 1. The Labute approximate surface area is 127 Å². The minimum absolute atomic E-state index is 0.0765. The van der Waals surface area contributed by atoms with Crippen molar-refractivity contribution >= 4 is 23.1 Å². The smallest absolute Gasteiger partial charge is 0.277 e. The Morgan fingerprint density at radius 3 is 2.64 bits per heavy atom. The van der Waals surface area contributed by atoms with Gasteiger partial charge in [0.2, 0.25) is 5.95 Å². The minimum Gasteiger partial charge on any atom is -0.378 e. The number of H-pyrrole nitrogens is 1. The Kier molecular flexibility index (Phi) is 3.38. The zero-order chi connectivity index (χ0) is 15.9. The summed E-state index contributed by atoms with van der Waals surface area (Å²) < 4.78 is 0. The summed E-state index contributed by atoms with van der Waals surface area (Å²) in [5.41, 5.74) is 13.9. The first-order chi connectivity index (χ1) is 10.5. The van der Waals surface area contributed by atoms with Crippen molar-refractivity contribution in [3.05, 3.63) is 40.2 Å². The van der Waals surface area contributed by atoms with Gasteiger partial charge < -0.3 is 20.9 Å². The fourth-order valence-electron chi connectivity index (χ4n) is 2.44. The molecule has 1 atom stereocenters. The van der Waals surface area contributed by atoms with Crippen LogP contribution in [0.3, 0.4) is 0 Å². The molecule has 8 nitrogen and oxygen atoms in total. The first kappa shape index (κ1) is 14.2. The Hall–Kier alpha value is -2.74. The lowest BCUT2D eigenvalue weighted by Gasteiger charge is -2.23. The fraction of sp³-hybridized carbons (Fsp3) is 0.286. The number of aromatic nitrogens is 2. The zero-order valence-corrected chi connectivity index (χ0v) is 12.5. The lowest BCUT2D eigenvalue weighted by molar-refractivity contribution is 0.691. The van der Waals surface area contributed by atoms with Crippen molar-refractivity contribution in [1.82, 2.24) is 9.97 Å². The van der Waals surface area contributed by atoms with Crippen molar-refractivity contribution in [3.8, 4) is 0 Å². The maximum absolute atomic E-state index is 11.9. The van der Waals surface area contributed by atoms with Crippen LogP contribution in [-0.4, -0.2) is 30.4 Å². The summed E-state index contributed by atoms with van der Waals surface area (Å²) in [5, 5.41) is 2.93. The molecule has 0 aliphatic carbocycles. The molecular formula is C14H19N7O. The van der Waals surface area contributed by atoms with Crippen LogP contribution in [0.4, 0.5) is 23.1 Å². The van der Waals surface area contributed by atoms with Gasteiger partial charge in [-0.25, -0.2) is 0 Å². The number of fused-ring (bicyclic) bond motifs is 1. The molecule has 116 valence electrons. The first-order valence-corrected chi connectivity index (χ1v) is 6.90. The summed E-state index contributed by atoms with van der Waals surface area (Å²) in [6, 6.07) is 8.11. The molecular weight excluding hydrogens is 282 g/mol. The molecule has 1 aliphatic heterocycles. The van der Waals surface area contributed by atoms with Crippen molar-refractivity contribution in [2.24, 2.45) is 5.73 Å². The molecule has 0 radical (unpaired) electrons. The lowest BCUT2D eigenvalue weighted by atomic mass is 10.2. The van der Waals surface area contributed by atoms with Gasteiger partial charge in [0.15, 0.2) is 12.1 Å². The highest BCUT2D eigenvalue weighted by molar-refractivity contribution is 5.72. The molecule has 2 aromatic rings. The van der Waals surface area contributed by atoms with Crippen LogP contribution in [-0.2, 0) is 6.54 Å². The molecule has 0 saturated heterocycles. The van der Waals surface area contributed by atoms with E-state index in [9.17, 15) is 4.79 Å². The molecule has 0 saturated carbocycles. The van der Waals surface area contributed by atoms with Crippen molar-refractivity contribution in [1.29, 1.82) is 0 Å². The number of nitrogen functional groups attached to an aromatic ring is 1. The number of hydrogen-bond acceptors (Lipinski definition) is 7. The van der Waals surface area contributed by atoms with Crippen LogP contribution in [0, 0.1) is 0 Å². The Morgan fingerprint density at radius 1 is 1.32 bits per heavy atom. The largest absolute Gasteiger partial charge is 0.378 e. The van der Waals surface area contributed by atoms with Crippen LogP contribution in [0.5, 0.6) is 0 Å². The van der Waals surface area contributed by atoms with Crippen LogP contribution < -0.4 is 32.1 Å². The summed E-state index contributed by atoms with van der Waals surface area (Å²) in [4.78, 5) is 22.4. The van der Waals surface area contributed by atoms with E-state index in [2.05, 4.69) is 15.3 Å². The molecule has 22 heavy (non-hydrogen) atoms. The number of nitrogens with zero attached hydrogens (tertiary/aromatic N) is 3. The molecule has 0 fully saturated rings. The van der Waals surface area contributed by atoms with Gasteiger partial charge in [-0.3, -0.25) is 15.5 Å². The summed E-state index contributed by atoms with van der Waals surface area (Å²) >= 11 is 0. The summed E-state index contributed by atoms with van der Waals surface area (Å²) in [6.07, 6.45) is -0.515. The van der Waals surface area contributed by atoms with E-state index in [-0.39, 0.29) is 11.5 Å². The van der Waals surface area contributed by atoms with E-state index < -0.39 is 6.29 Å². The molecule has 1 aromatic carbocycles. The second-order valence-corrected chi connectivity index (χ2v) is 5.43. The second kappa shape index (κ2) is 5.23. The van der Waals surface area contributed by atoms with Gasteiger partial charge in [0.25, 0.3) is 5.56 Å². The van der Waals surface area contributed by atoms with Gasteiger partial charge in [-0.2, -0.15) is 4.98 Å². The molecule has 0 amide bonds. The zero-order valence-electron chi connectivity index (χ0n) is 12.5. The predicted molar refractivity (Wildman–Crippen MR) is 87.8 cm³/mol. The van der Waals surface area contributed by atoms with Gasteiger partial charge >= 0.3 is 0 Å². The Balaban J connectivity index is 1.89. The maximum Gasteiger partial charge on any atom is 0.277 e. The average Bonchev–Trinajstić information content (AvgIpc) is 2.77. The molecule has 6 N–H and O–H groups in total. The highest BCUT2D eigenvalue weighted by atomic mass is 16.1. The minimum atomic E-state index is -0.515. The third-order valence-electron chi connectivity index (χ3n) is 3.62. The topological polar surface area (TPSA) is 116 Å². The molecule has 0 bridgehead atoms. The standard InChI is InChI=1S/C14H19N7O/c1-20(2)9-5-3-8(4-6-9)7-21-11-10(17-14(21)16)12(22)19-13(15)18-11/h3-6,14,17H,7,16H2,1-2H3,(H3,15,18,19,22). The Morgan fingerprint density at radius 2 is 2.00 bits per heavy atom. The third kappa shape index (κ3) is 2.44. The van der Waals surface area contributed by atoms with E-state index in [4.69, 9.17) is 11.5 Å². The van der Waals surface area contributed by atoms with Crippen LogP contribution >= 0.6 is 0 Å². The van der Waals surface area contributed by atoms with E-state index >= 15 is 0 Å². The molecule has 1 aliphatic rings. The molecule has 2 heterocycles. The molecule has 8 heteroatoms. The van der Waals surface area contributed by atoms with Crippen LogP contribution in [0.1, 0.15) is 5.56 Å². The first-order valence-electron chi connectivity index (χ1n) is 6.90. The summed E-state index contributed by atoms with van der Waals surface area (Å²) in [7, 11) is 3.98. The third-order valence-corrected chi connectivity index (χ3v) is 3.62. The van der Waals surface area contributed by atoms with Crippen LogP contribution in [0.2, 0.25) is 0 Å². The van der Waals surface area contributed by atoms with Crippen LogP contribution in [0.25, 0.3) is 0 Å². The SMILES string of the molecule is CN(C)c1ccc(CN2c3nc(N)[nH]c(=O)c3NC2N)cc1. The number of rotatable bonds is 3. The van der Waals surface area contributed by atoms with Gasteiger partial charge in [-0.05, 0) is 17.7 Å². The van der Waals surface area contributed by atoms with Gasteiger partial charge in [-0.1, -0.05) is 12.1 Å². The number of nitrogens with one attached hydrogen (secondary N) is 2. The van der Waals surface area contributed by atoms with Crippen molar-refractivity contribution in [2.45, 2.75) is 12.8 Å². The number of anilines is 4. The lowest BCUT2D eigenvalue weighted by Crippen LogP contribution is -2.42. The average molecular weight is 301 g/mol. The number of aromatic amines is 1. The van der Waals surface area contributed by atoms with Crippen molar-refractivity contribution < 1.29 is 0 Å². The van der Waals surface area contributed by atoms with E-state index in [1.165, 1.54) is 0 Å². The van der Waals surface area contributed by atoms with Crippen LogP contribution in [0.15, 0.2) is 29.1 Å². The highest BCUT2D eigenvalue weighted by Gasteiger charge is 2.30. The molecule has 1 aromatic heterocycles.